The molecule has 2 bridgehead atoms. The van der Waals surface area contributed by atoms with Gasteiger partial charge in [0.15, 0.2) is 0 Å². The minimum Gasteiger partial charge on any atom is -0.296 e. The van der Waals surface area contributed by atoms with Crippen LogP contribution in [0.5, 0.6) is 0 Å². The Hall–Kier alpha value is -0.890. The highest BCUT2D eigenvalue weighted by Crippen LogP contribution is 2.41. The molecule has 2 heteroatoms. The van der Waals surface area contributed by atoms with Gasteiger partial charge in [-0.3, -0.25) is 9.88 Å². The van der Waals surface area contributed by atoms with Crippen LogP contribution >= 0.6 is 0 Å². The molecule has 1 fully saturated rings. The number of nitrogens with zero attached hydrogens (tertiary/aromatic N) is 2. The van der Waals surface area contributed by atoms with Crippen LogP contribution in [-0.4, -0.2) is 23.0 Å². The van der Waals surface area contributed by atoms with Crippen molar-refractivity contribution in [1.29, 1.82) is 0 Å². The lowest BCUT2D eigenvalue weighted by Crippen LogP contribution is -2.34. The Morgan fingerprint density at radius 3 is 3.07 bits per heavy atom. The highest BCUT2D eigenvalue weighted by Gasteiger charge is 2.37. The van der Waals surface area contributed by atoms with E-state index in [1.54, 1.807) is 0 Å². The molecule has 2 aliphatic heterocycles. The molecule has 74 valence electrons. The number of fused-ring (bicyclic) bond motifs is 4. The molecule has 0 spiro atoms. The Morgan fingerprint density at radius 1 is 1.36 bits per heavy atom. The molecule has 0 radical (unpaired) electrons. The molecule has 0 aromatic carbocycles. The highest BCUT2D eigenvalue weighted by atomic mass is 15.2. The van der Waals surface area contributed by atoms with Gasteiger partial charge < -0.3 is 0 Å². The van der Waals surface area contributed by atoms with E-state index in [4.69, 9.17) is 0 Å². The summed E-state index contributed by atoms with van der Waals surface area (Å²) in [7, 11) is 2.26. The van der Waals surface area contributed by atoms with E-state index in [1.807, 2.05) is 0 Å². The van der Waals surface area contributed by atoms with E-state index in [2.05, 4.69) is 36.0 Å². The average Bonchev–Trinajstić information content (AvgIpc) is 2.44. The summed E-state index contributed by atoms with van der Waals surface area (Å²) in [5.74, 6) is 0. The fraction of sp³-hybridized carbons (Fsp3) is 0.583. The molecular weight excluding hydrogens is 172 g/mol. The Kier molecular flexibility index (Phi) is 1.68. The Morgan fingerprint density at radius 2 is 2.21 bits per heavy atom. The van der Waals surface area contributed by atoms with Gasteiger partial charge in [0.25, 0.3) is 0 Å². The van der Waals surface area contributed by atoms with Gasteiger partial charge in [0.2, 0.25) is 0 Å². The third-order valence-electron chi connectivity index (χ3n) is 3.78. The maximum atomic E-state index is 4.66. The van der Waals surface area contributed by atoms with Crippen LogP contribution in [0.4, 0.5) is 0 Å². The Labute approximate surface area is 85.0 Å². The van der Waals surface area contributed by atoms with Crippen molar-refractivity contribution in [2.75, 3.05) is 7.05 Å². The fourth-order valence-corrected chi connectivity index (χ4v) is 2.94. The number of pyridine rings is 1. The number of aryl methyl sites for hydroxylation is 1. The summed E-state index contributed by atoms with van der Waals surface area (Å²) in [6.45, 7) is 2.08. The van der Waals surface area contributed by atoms with Gasteiger partial charge in [0, 0.05) is 29.9 Å². The van der Waals surface area contributed by atoms with Crippen molar-refractivity contribution in [3.63, 3.8) is 0 Å². The zero-order valence-electron chi connectivity index (χ0n) is 8.83. The molecule has 0 saturated carbocycles. The Bertz CT molecular complexity index is 373. The first kappa shape index (κ1) is 8.42. The SMILES string of the molecule is Cc1ccc2c(n1)CC1CCC2N1C. The van der Waals surface area contributed by atoms with E-state index in [1.165, 1.54) is 24.1 Å². The first-order valence-corrected chi connectivity index (χ1v) is 5.44. The van der Waals surface area contributed by atoms with Crippen molar-refractivity contribution in [3.05, 3.63) is 29.1 Å². The standard InChI is InChI=1S/C12H16N2/c1-8-3-5-10-11(13-8)7-9-4-6-12(10)14(9)2/h3,5,9,12H,4,6-7H2,1-2H3. The summed E-state index contributed by atoms with van der Waals surface area (Å²) >= 11 is 0. The van der Waals surface area contributed by atoms with Crippen LogP contribution in [0.1, 0.15) is 35.8 Å². The lowest BCUT2D eigenvalue weighted by atomic mass is 9.98. The second kappa shape index (κ2) is 2.80. The molecular formula is C12H16N2. The number of rotatable bonds is 0. The minimum absolute atomic E-state index is 0.650. The average molecular weight is 188 g/mol. The molecule has 2 aliphatic rings. The third kappa shape index (κ3) is 1.04. The first-order chi connectivity index (χ1) is 6.75. The lowest BCUT2D eigenvalue weighted by Gasteiger charge is -2.32. The van der Waals surface area contributed by atoms with Crippen molar-refractivity contribution in [3.8, 4) is 0 Å². The maximum absolute atomic E-state index is 4.66. The topological polar surface area (TPSA) is 16.1 Å². The molecule has 1 aromatic heterocycles. The Balaban J connectivity index is 2.11. The molecule has 3 heterocycles. The summed E-state index contributed by atoms with van der Waals surface area (Å²) in [6, 6.07) is 5.82. The maximum Gasteiger partial charge on any atom is 0.0470 e. The molecule has 0 aliphatic carbocycles. The van der Waals surface area contributed by atoms with Crippen LogP contribution in [0.25, 0.3) is 0 Å². The smallest absolute Gasteiger partial charge is 0.0470 e. The van der Waals surface area contributed by atoms with Crippen molar-refractivity contribution < 1.29 is 0 Å². The van der Waals surface area contributed by atoms with E-state index < -0.39 is 0 Å². The van der Waals surface area contributed by atoms with Crippen LogP contribution in [0, 0.1) is 6.92 Å². The summed E-state index contributed by atoms with van der Waals surface area (Å²) in [6.07, 6.45) is 3.82. The predicted octanol–water partition coefficient (Wildman–Crippen LogP) is 2.08. The number of hydrogen-bond acceptors (Lipinski definition) is 2. The van der Waals surface area contributed by atoms with E-state index in [-0.39, 0.29) is 0 Å². The number of aromatic nitrogens is 1. The van der Waals surface area contributed by atoms with Gasteiger partial charge in [-0.2, -0.15) is 0 Å². The molecule has 1 saturated heterocycles. The van der Waals surface area contributed by atoms with Gasteiger partial charge in [-0.1, -0.05) is 6.07 Å². The van der Waals surface area contributed by atoms with Gasteiger partial charge in [-0.05, 0) is 38.4 Å². The highest BCUT2D eigenvalue weighted by molar-refractivity contribution is 5.31. The summed E-state index contributed by atoms with van der Waals surface area (Å²) in [5, 5.41) is 0. The van der Waals surface area contributed by atoms with Crippen molar-refractivity contribution in [1.82, 2.24) is 9.88 Å². The monoisotopic (exact) mass is 188 g/mol. The predicted molar refractivity (Wildman–Crippen MR) is 56.2 cm³/mol. The van der Waals surface area contributed by atoms with E-state index in [0.29, 0.717) is 6.04 Å². The molecule has 2 nitrogen and oxygen atoms in total. The van der Waals surface area contributed by atoms with Crippen LogP contribution in [0.3, 0.4) is 0 Å². The fourth-order valence-electron chi connectivity index (χ4n) is 2.94. The number of hydrogen-bond donors (Lipinski definition) is 0. The molecule has 14 heavy (non-hydrogen) atoms. The summed E-state index contributed by atoms with van der Waals surface area (Å²) in [5.41, 5.74) is 4.00. The van der Waals surface area contributed by atoms with Gasteiger partial charge in [0.1, 0.15) is 0 Å². The molecule has 2 unspecified atom stereocenters. The lowest BCUT2D eigenvalue weighted by molar-refractivity contribution is 0.222. The van der Waals surface area contributed by atoms with E-state index in [0.717, 1.165) is 18.2 Å². The third-order valence-corrected chi connectivity index (χ3v) is 3.78. The summed E-state index contributed by atoms with van der Waals surface area (Å²) in [4.78, 5) is 7.19. The zero-order valence-corrected chi connectivity index (χ0v) is 8.83. The quantitative estimate of drug-likeness (QED) is 0.619. The van der Waals surface area contributed by atoms with E-state index >= 15 is 0 Å². The van der Waals surface area contributed by atoms with E-state index in [9.17, 15) is 0 Å². The van der Waals surface area contributed by atoms with Crippen LogP contribution in [0.2, 0.25) is 0 Å². The second-order valence-corrected chi connectivity index (χ2v) is 4.61. The molecule has 2 atom stereocenters. The van der Waals surface area contributed by atoms with Crippen molar-refractivity contribution >= 4 is 0 Å². The molecule has 0 N–H and O–H groups in total. The van der Waals surface area contributed by atoms with Gasteiger partial charge in [0.05, 0.1) is 0 Å². The molecule has 1 aromatic rings. The molecule has 3 rings (SSSR count). The van der Waals surface area contributed by atoms with Crippen LogP contribution in [0.15, 0.2) is 12.1 Å². The first-order valence-electron chi connectivity index (χ1n) is 5.44. The zero-order chi connectivity index (χ0) is 9.71. The van der Waals surface area contributed by atoms with Crippen molar-refractivity contribution in [2.24, 2.45) is 0 Å². The molecule has 0 amide bonds. The van der Waals surface area contributed by atoms with Crippen LogP contribution < -0.4 is 0 Å². The van der Waals surface area contributed by atoms with Gasteiger partial charge >= 0.3 is 0 Å². The largest absolute Gasteiger partial charge is 0.296 e. The normalized spacial score (nSPS) is 30.4. The van der Waals surface area contributed by atoms with Gasteiger partial charge in [-0.15, -0.1) is 0 Å². The second-order valence-electron chi connectivity index (χ2n) is 4.61. The van der Waals surface area contributed by atoms with Crippen LogP contribution in [-0.2, 0) is 6.42 Å². The number of likely N-dealkylation sites (N-methyl/N-ethyl adjacent to an activating group) is 1. The van der Waals surface area contributed by atoms with Gasteiger partial charge in [-0.25, -0.2) is 0 Å². The van der Waals surface area contributed by atoms with Crippen molar-refractivity contribution in [2.45, 2.75) is 38.3 Å². The summed E-state index contributed by atoms with van der Waals surface area (Å²) < 4.78 is 0. The minimum atomic E-state index is 0.650.